The summed E-state index contributed by atoms with van der Waals surface area (Å²) < 4.78 is 0. The number of carbonyl (C=O) groups is 1. The van der Waals surface area contributed by atoms with Crippen LogP contribution in [0.3, 0.4) is 0 Å². The minimum Gasteiger partial charge on any atom is -0.399 e. The second-order valence-electron chi connectivity index (χ2n) is 4.64. The van der Waals surface area contributed by atoms with E-state index in [1.165, 1.54) is 6.92 Å². The van der Waals surface area contributed by atoms with E-state index in [9.17, 15) is 4.79 Å². The summed E-state index contributed by atoms with van der Waals surface area (Å²) in [7, 11) is 0. The Morgan fingerprint density at radius 3 is 2.43 bits per heavy atom. The van der Waals surface area contributed by atoms with Crippen LogP contribution < -0.4 is 11.1 Å². The van der Waals surface area contributed by atoms with Gasteiger partial charge in [-0.05, 0) is 43.3 Å². The average Bonchev–Trinajstić information content (AvgIpc) is 2.81. The second kappa shape index (κ2) is 6.56. The number of aromatic amines is 1. The molecule has 21 heavy (non-hydrogen) atoms. The predicted octanol–water partition coefficient (Wildman–Crippen LogP) is 3.10. The Morgan fingerprint density at radius 2 is 1.81 bits per heavy atom. The van der Waals surface area contributed by atoms with Crippen LogP contribution in [0.4, 0.5) is 11.4 Å². The zero-order chi connectivity index (χ0) is 15.2. The van der Waals surface area contributed by atoms with E-state index in [4.69, 9.17) is 5.73 Å². The Hall–Kier alpha value is -2.82. The first-order valence-corrected chi connectivity index (χ1v) is 6.59. The van der Waals surface area contributed by atoms with Gasteiger partial charge in [-0.2, -0.15) is 0 Å². The van der Waals surface area contributed by atoms with Gasteiger partial charge in [-0.1, -0.05) is 12.1 Å². The molecule has 0 aliphatic heterocycles. The van der Waals surface area contributed by atoms with Gasteiger partial charge in [-0.25, -0.2) is 4.98 Å². The van der Waals surface area contributed by atoms with Crippen LogP contribution in [-0.2, 0) is 4.79 Å². The van der Waals surface area contributed by atoms with Crippen molar-refractivity contribution in [3.63, 3.8) is 0 Å². The van der Waals surface area contributed by atoms with Gasteiger partial charge in [0.25, 0.3) is 0 Å². The minimum atomic E-state index is -0.0743. The van der Waals surface area contributed by atoms with E-state index in [2.05, 4.69) is 15.3 Å². The van der Waals surface area contributed by atoms with Crippen molar-refractivity contribution in [1.82, 2.24) is 9.97 Å². The van der Waals surface area contributed by atoms with Crippen LogP contribution in [0.25, 0.3) is 11.0 Å². The summed E-state index contributed by atoms with van der Waals surface area (Å²) in [6, 6.07) is 15.0. The molecular formula is C16H18N4O. The first kappa shape index (κ1) is 14.6. The van der Waals surface area contributed by atoms with Gasteiger partial charge in [-0.3, -0.25) is 4.79 Å². The number of nitrogens with two attached hydrogens (primary N) is 1. The van der Waals surface area contributed by atoms with Gasteiger partial charge in [-0.15, -0.1) is 0 Å². The summed E-state index contributed by atoms with van der Waals surface area (Å²) in [5.41, 5.74) is 9.06. The Morgan fingerprint density at radius 1 is 1.14 bits per heavy atom. The fourth-order valence-corrected chi connectivity index (χ4v) is 1.85. The van der Waals surface area contributed by atoms with E-state index < -0.39 is 0 Å². The molecule has 0 aliphatic rings. The van der Waals surface area contributed by atoms with Crippen molar-refractivity contribution in [2.24, 2.45) is 0 Å². The summed E-state index contributed by atoms with van der Waals surface area (Å²) in [6.07, 6.45) is 0. The molecule has 3 rings (SSSR count). The molecule has 5 nitrogen and oxygen atoms in total. The number of fused-ring (bicyclic) bond motifs is 1. The van der Waals surface area contributed by atoms with Crippen molar-refractivity contribution in [1.29, 1.82) is 0 Å². The van der Waals surface area contributed by atoms with E-state index in [0.717, 1.165) is 22.5 Å². The standard InChI is InChI=1S/C8H10N2O.C8H8N2/c1-6(11)10-8-4-2-7(9)3-5-8;1-6-9-7-4-2-3-5-8(7)10-6/h2-5H,9H2,1H3,(H,10,11);2-5H,1H3,(H,9,10). The number of rotatable bonds is 1. The number of imidazole rings is 1. The van der Waals surface area contributed by atoms with Crippen molar-refractivity contribution in [3.05, 3.63) is 54.4 Å². The minimum absolute atomic E-state index is 0.0743. The fraction of sp³-hybridized carbons (Fsp3) is 0.125. The van der Waals surface area contributed by atoms with Crippen LogP contribution in [0, 0.1) is 6.92 Å². The van der Waals surface area contributed by atoms with Gasteiger partial charge in [0.1, 0.15) is 5.82 Å². The molecule has 0 unspecified atom stereocenters. The van der Waals surface area contributed by atoms with Gasteiger partial charge in [0.2, 0.25) is 5.91 Å². The molecule has 1 aromatic heterocycles. The number of carbonyl (C=O) groups excluding carboxylic acids is 1. The number of aryl methyl sites for hydroxylation is 1. The summed E-state index contributed by atoms with van der Waals surface area (Å²) >= 11 is 0. The van der Waals surface area contributed by atoms with Crippen molar-refractivity contribution < 1.29 is 4.79 Å². The normalized spacial score (nSPS) is 9.81. The third kappa shape index (κ3) is 4.35. The molecule has 1 heterocycles. The lowest BCUT2D eigenvalue weighted by molar-refractivity contribution is -0.114. The third-order valence-corrected chi connectivity index (χ3v) is 2.74. The third-order valence-electron chi connectivity index (χ3n) is 2.74. The first-order chi connectivity index (χ1) is 10.0. The maximum Gasteiger partial charge on any atom is 0.221 e. The lowest BCUT2D eigenvalue weighted by Gasteiger charge is -2.00. The van der Waals surface area contributed by atoms with E-state index >= 15 is 0 Å². The lowest BCUT2D eigenvalue weighted by Crippen LogP contribution is -2.05. The molecule has 108 valence electrons. The monoisotopic (exact) mass is 282 g/mol. The van der Waals surface area contributed by atoms with Gasteiger partial charge in [0.15, 0.2) is 0 Å². The number of aromatic nitrogens is 2. The van der Waals surface area contributed by atoms with E-state index in [0.29, 0.717) is 5.69 Å². The Balaban J connectivity index is 0.000000154. The topological polar surface area (TPSA) is 83.8 Å². The summed E-state index contributed by atoms with van der Waals surface area (Å²) in [5, 5.41) is 2.64. The summed E-state index contributed by atoms with van der Waals surface area (Å²) in [6.45, 7) is 3.43. The average molecular weight is 282 g/mol. The van der Waals surface area contributed by atoms with Crippen molar-refractivity contribution >= 4 is 28.3 Å². The largest absolute Gasteiger partial charge is 0.399 e. The number of para-hydroxylation sites is 2. The Bertz CT molecular complexity index is 698. The Labute approximate surface area is 123 Å². The van der Waals surface area contributed by atoms with Gasteiger partial charge >= 0.3 is 0 Å². The van der Waals surface area contributed by atoms with Crippen LogP contribution in [0.15, 0.2) is 48.5 Å². The number of hydrogen-bond donors (Lipinski definition) is 3. The van der Waals surface area contributed by atoms with E-state index in [1.807, 2.05) is 31.2 Å². The quantitative estimate of drug-likeness (QED) is 0.600. The molecule has 0 radical (unpaired) electrons. The molecule has 0 spiro atoms. The van der Waals surface area contributed by atoms with Crippen LogP contribution in [-0.4, -0.2) is 15.9 Å². The molecule has 5 heteroatoms. The number of nitrogens with one attached hydrogen (secondary N) is 2. The Kier molecular flexibility index (Phi) is 4.56. The zero-order valence-electron chi connectivity index (χ0n) is 12.1. The number of H-pyrrole nitrogens is 1. The number of hydrogen-bond acceptors (Lipinski definition) is 3. The molecular weight excluding hydrogens is 264 g/mol. The molecule has 2 aromatic carbocycles. The maximum absolute atomic E-state index is 10.6. The number of nitrogens with zero attached hydrogens (tertiary/aromatic N) is 1. The highest BCUT2D eigenvalue weighted by atomic mass is 16.1. The lowest BCUT2D eigenvalue weighted by atomic mass is 10.3. The van der Waals surface area contributed by atoms with Crippen LogP contribution in [0.5, 0.6) is 0 Å². The molecule has 1 amide bonds. The van der Waals surface area contributed by atoms with Gasteiger partial charge in [0, 0.05) is 18.3 Å². The highest BCUT2D eigenvalue weighted by Crippen LogP contribution is 2.10. The molecule has 4 N–H and O–H groups in total. The van der Waals surface area contributed by atoms with Crippen LogP contribution >= 0.6 is 0 Å². The van der Waals surface area contributed by atoms with E-state index in [1.54, 1.807) is 24.3 Å². The highest BCUT2D eigenvalue weighted by Gasteiger charge is 1.94. The predicted molar refractivity (Wildman–Crippen MR) is 86.0 cm³/mol. The number of amides is 1. The highest BCUT2D eigenvalue weighted by molar-refractivity contribution is 5.88. The SMILES string of the molecule is CC(=O)Nc1ccc(N)cc1.Cc1nc2ccccc2[nH]1. The van der Waals surface area contributed by atoms with Gasteiger partial charge < -0.3 is 16.0 Å². The van der Waals surface area contributed by atoms with Crippen LogP contribution in [0.1, 0.15) is 12.7 Å². The van der Waals surface area contributed by atoms with Crippen molar-refractivity contribution in [2.45, 2.75) is 13.8 Å². The maximum atomic E-state index is 10.6. The number of anilines is 2. The first-order valence-electron chi connectivity index (χ1n) is 6.59. The van der Waals surface area contributed by atoms with Gasteiger partial charge in [0.05, 0.1) is 11.0 Å². The molecule has 0 aliphatic carbocycles. The molecule has 0 saturated heterocycles. The summed E-state index contributed by atoms with van der Waals surface area (Å²) in [5.74, 6) is 0.899. The fourth-order valence-electron chi connectivity index (χ4n) is 1.85. The molecule has 0 bridgehead atoms. The molecule has 0 fully saturated rings. The second-order valence-corrected chi connectivity index (χ2v) is 4.64. The smallest absolute Gasteiger partial charge is 0.221 e. The van der Waals surface area contributed by atoms with E-state index in [-0.39, 0.29) is 5.91 Å². The number of benzene rings is 2. The summed E-state index contributed by atoms with van der Waals surface area (Å²) in [4.78, 5) is 18.0. The van der Waals surface area contributed by atoms with Crippen molar-refractivity contribution in [2.75, 3.05) is 11.1 Å². The molecule has 3 aromatic rings. The number of nitrogen functional groups attached to an aromatic ring is 1. The molecule has 0 saturated carbocycles. The van der Waals surface area contributed by atoms with Crippen molar-refractivity contribution in [3.8, 4) is 0 Å². The van der Waals surface area contributed by atoms with Crippen LogP contribution in [0.2, 0.25) is 0 Å². The molecule has 0 atom stereocenters. The zero-order valence-corrected chi connectivity index (χ0v) is 12.1.